The average Bonchev–Trinajstić information content (AvgIpc) is 3.10. The Labute approximate surface area is 121 Å². The molecule has 3 rings (SSSR count). The molecule has 0 aromatic carbocycles. The summed E-state index contributed by atoms with van der Waals surface area (Å²) in [6, 6.07) is 3.37. The molecule has 8 heteroatoms. The van der Waals surface area contributed by atoms with Crippen LogP contribution in [0.25, 0.3) is 11.3 Å². The van der Waals surface area contributed by atoms with Crippen LogP contribution in [0.3, 0.4) is 0 Å². The number of hydrogen-bond donors (Lipinski definition) is 0. The first-order valence-electron chi connectivity index (χ1n) is 6.25. The van der Waals surface area contributed by atoms with Gasteiger partial charge in [-0.05, 0) is 13.1 Å². The minimum atomic E-state index is -3.39. The molecule has 1 aliphatic heterocycles. The lowest BCUT2D eigenvalue weighted by molar-refractivity contribution is 0.222. The molecule has 0 radical (unpaired) electrons. The molecule has 0 saturated carbocycles. The number of sulfonamides is 1. The molecule has 108 valence electrons. The Morgan fingerprint density at radius 3 is 2.70 bits per heavy atom. The molecule has 0 atom stereocenters. The van der Waals surface area contributed by atoms with Crippen molar-refractivity contribution in [3.8, 4) is 11.3 Å². The van der Waals surface area contributed by atoms with Gasteiger partial charge in [0.15, 0.2) is 5.76 Å². The van der Waals surface area contributed by atoms with Gasteiger partial charge in [-0.1, -0.05) is 5.16 Å². The molecule has 0 amide bonds. The second kappa shape index (κ2) is 5.28. The predicted molar refractivity (Wildman–Crippen MR) is 76.1 cm³/mol. The number of thiophene rings is 1. The molecule has 0 bridgehead atoms. The third-order valence-electron chi connectivity index (χ3n) is 3.35. The van der Waals surface area contributed by atoms with Crippen LogP contribution in [-0.4, -0.2) is 56.0 Å². The summed E-state index contributed by atoms with van der Waals surface area (Å²) in [4.78, 5) is 2.13. The second-order valence-electron chi connectivity index (χ2n) is 4.74. The van der Waals surface area contributed by atoms with Crippen molar-refractivity contribution in [1.29, 1.82) is 0 Å². The number of nitrogens with zero attached hydrogens (tertiary/aromatic N) is 3. The first kappa shape index (κ1) is 13.7. The van der Waals surface area contributed by atoms with Gasteiger partial charge in [0.05, 0.1) is 6.20 Å². The zero-order valence-corrected chi connectivity index (χ0v) is 12.7. The first-order chi connectivity index (χ1) is 9.57. The Balaban J connectivity index is 1.85. The van der Waals surface area contributed by atoms with E-state index < -0.39 is 10.0 Å². The smallest absolute Gasteiger partial charge is 0.252 e. The summed E-state index contributed by atoms with van der Waals surface area (Å²) in [5, 5.41) is 5.41. The van der Waals surface area contributed by atoms with Gasteiger partial charge < -0.3 is 9.42 Å². The van der Waals surface area contributed by atoms with Gasteiger partial charge in [-0.25, -0.2) is 8.42 Å². The molecule has 1 aliphatic rings. The van der Waals surface area contributed by atoms with Crippen molar-refractivity contribution >= 4 is 21.4 Å². The van der Waals surface area contributed by atoms with Gasteiger partial charge in [0.25, 0.3) is 10.0 Å². The van der Waals surface area contributed by atoms with Gasteiger partial charge >= 0.3 is 0 Å². The summed E-state index contributed by atoms with van der Waals surface area (Å²) in [5.74, 6) is 0.584. The van der Waals surface area contributed by atoms with Gasteiger partial charge in [0, 0.05) is 43.2 Å². The molecular formula is C12H15N3O3S2. The molecule has 0 aliphatic carbocycles. The lowest BCUT2D eigenvalue weighted by Crippen LogP contribution is -2.46. The summed E-state index contributed by atoms with van der Waals surface area (Å²) in [7, 11) is -1.40. The van der Waals surface area contributed by atoms with E-state index in [2.05, 4.69) is 10.1 Å². The fourth-order valence-electron chi connectivity index (χ4n) is 2.10. The molecule has 6 nitrogen and oxygen atoms in total. The van der Waals surface area contributed by atoms with E-state index in [9.17, 15) is 8.42 Å². The zero-order valence-electron chi connectivity index (χ0n) is 11.0. The highest BCUT2D eigenvalue weighted by molar-refractivity contribution is 7.91. The standard InChI is InChI=1S/C12H15N3O3S2/c1-14-4-6-15(7-5-14)20(16,17)12-8-10(9-19-12)11-2-3-13-18-11/h2-3,8-9H,4-7H2,1H3. The van der Waals surface area contributed by atoms with E-state index in [1.165, 1.54) is 11.3 Å². The van der Waals surface area contributed by atoms with Crippen molar-refractivity contribution in [1.82, 2.24) is 14.4 Å². The van der Waals surface area contributed by atoms with Crippen LogP contribution in [0, 0.1) is 0 Å². The Hall–Kier alpha value is -1.22. The number of likely N-dealkylation sites (N-methyl/N-ethyl adjacent to an activating group) is 1. The van der Waals surface area contributed by atoms with E-state index in [4.69, 9.17) is 4.52 Å². The van der Waals surface area contributed by atoms with Crippen molar-refractivity contribution in [3.05, 3.63) is 23.7 Å². The van der Waals surface area contributed by atoms with E-state index >= 15 is 0 Å². The third-order valence-corrected chi connectivity index (χ3v) is 6.67. The topological polar surface area (TPSA) is 66.7 Å². The van der Waals surface area contributed by atoms with Crippen LogP contribution in [0.15, 0.2) is 32.4 Å². The Kier molecular flexibility index (Phi) is 3.63. The maximum Gasteiger partial charge on any atom is 0.252 e. The fourth-order valence-corrected chi connectivity index (χ4v) is 4.85. The largest absolute Gasteiger partial charge is 0.356 e. The van der Waals surface area contributed by atoms with Crippen LogP contribution in [0.5, 0.6) is 0 Å². The van der Waals surface area contributed by atoms with Gasteiger partial charge in [0.2, 0.25) is 0 Å². The normalized spacial score (nSPS) is 18.4. The molecule has 3 heterocycles. The Morgan fingerprint density at radius 1 is 1.30 bits per heavy atom. The van der Waals surface area contributed by atoms with Crippen molar-refractivity contribution < 1.29 is 12.9 Å². The van der Waals surface area contributed by atoms with Crippen LogP contribution in [0.2, 0.25) is 0 Å². The highest BCUT2D eigenvalue weighted by Crippen LogP contribution is 2.30. The van der Waals surface area contributed by atoms with E-state index in [-0.39, 0.29) is 0 Å². The van der Waals surface area contributed by atoms with Crippen molar-refractivity contribution in [2.45, 2.75) is 4.21 Å². The average molecular weight is 313 g/mol. The minimum Gasteiger partial charge on any atom is -0.356 e. The molecule has 0 N–H and O–H groups in total. The van der Waals surface area contributed by atoms with Crippen molar-refractivity contribution in [3.63, 3.8) is 0 Å². The van der Waals surface area contributed by atoms with Crippen LogP contribution >= 0.6 is 11.3 Å². The molecule has 0 unspecified atom stereocenters. The monoisotopic (exact) mass is 313 g/mol. The minimum absolute atomic E-state index is 0.355. The van der Waals surface area contributed by atoms with Gasteiger partial charge in [0.1, 0.15) is 4.21 Å². The molecule has 20 heavy (non-hydrogen) atoms. The third kappa shape index (κ3) is 2.51. The van der Waals surface area contributed by atoms with Crippen LogP contribution in [0.1, 0.15) is 0 Å². The lowest BCUT2D eigenvalue weighted by atomic mass is 10.3. The molecule has 2 aromatic heterocycles. The molecule has 2 aromatic rings. The van der Waals surface area contributed by atoms with E-state index in [0.717, 1.165) is 18.7 Å². The van der Waals surface area contributed by atoms with Crippen LogP contribution in [0.4, 0.5) is 0 Å². The highest BCUT2D eigenvalue weighted by Gasteiger charge is 2.29. The predicted octanol–water partition coefficient (Wildman–Crippen LogP) is 1.34. The summed E-state index contributed by atoms with van der Waals surface area (Å²) in [6.07, 6.45) is 1.54. The summed E-state index contributed by atoms with van der Waals surface area (Å²) >= 11 is 1.22. The van der Waals surface area contributed by atoms with Crippen molar-refractivity contribution in [2.75, 3.05) is 33.2 Å². The fraction of sp³-hybridized carbons (Fsp3) is 0.417. The number of rotatable bonds is 3. The molecule has 0 spiro atoms. The zero-order chi connectivity index (χ0) is 14.2. The van der Waals surface area contributed by atoms with E-state index in [1.54, 1.807) is 28.0 Å². The number of hydrogen-bond acceptors (Lipinski definition) is 6. The van der Waals surface area contributed by atoms with Crippen LogP contribution in [-0.2, 0) is 10.0 Å². The van der Waals surface area contributed by atoms with Gasteiger partial charge in [-0.2, -0.15) is 4.31 Å². The van der Waals surface area contributed by atoms with Gasteiger partial charge in [-0.3, -0.25) is 0 Å². The van der Waals surface area contributed by atoms with E-state index in [0.29, 0.717) is 23.1 Å². The summed E-state index contributed by atoms with van der Waals surface area (Å²) in [6.45, 7) is 2.60. The number of aromatic nitrogens is 1. The lowest BCUT2D eigenvalue weighted by Gasteiger charge is -2.31. The first-order valence-corrected chi connectivity index (χ1v) is 8.57. The van der Waals surface area contributed by atoms with Crippen molar-refractivity contribution in [2.24, 2.45) is 0 Å². The van der Waals surface area contributed by atoms with E-state index in [1.807, 2.05) is 7.05 Å². The molecule has 1 saturated heterocycles. The van der Waals surface area contributed by atoms with Gasteiger partial charge in [-0.15, -0.1) is 11.3 Å². The maximum atomic E-state index is 12.5. The maximum absolute atomic E-state index is 12.5. The SMILES string of the molecule is CN1CCN(S(=O)(=O)c2cc(-c3ccno3)cs2)CC1. The second-order valence-corrected chi connectivity index (χ2v) is 7.81. The quantitative estimate of drug-likeness (QED) is 0.855. The molecule has 1 fully saturated rings. The Bertz CT molecular complexity index is 671. The highest BCUT2D eigenvalue weighted by atomic mass is 32.2. The number of piperazine rings is 1. The Morgan fingerprint density at radius 2 is 2.05 bits per heavy atom. The molecular weight excluding hydrogens is 298 g/mol. The summed E-state index contributed by atoms with van der Waals surface area (Å²) < 4.78 is 32.0. The van der Waals surface area contributed by atoms with Crippen LogP contribution < -0.4 is 0 Å². The summed E-state index contributed by atoms with van der Waals surface area (Å²) in [5.41, 5.74) is 0.750.